The molecule has 9 atom stereocenters. The lowest BCUT2D eigenvalue weighted by Crippen LogP contribution is -2.61. The van der Waals surface area contributed by atoms with Gasteiger partial charge in [0.2, 0.25) is 47.3 Å². The third-order valence-corrected chi connectivity index (χ3v) is 12.2. The number of rotatable bonds is 21. The number of cyclic esters (lactones) is 1. The molecule has 20 heteroatoms. The van der Waals surface area contributed by atoms with E-state index in [9.17, 15) is 53.1 Å². The number of nitrogens with one attached hydrogen (secondary N) is 7. The molecule has 0 aromatic rings. The molecule has 1 heterocycles. The van der Waals surface area contributed by atoms with Gasteiger partial charge < -0.3 is 52.8 Å². The van der Waals surface area contributed by atoms with Crippen LogP contribution in [-0.2, 0) is 52.7 Å². The number of carbonyl (C=O) groups excluding carboxylic acids is 9. The Hall–Kier alpha value is -5.30. The summed E-state index contributed by atoms with van der Waals surface area (Å²) in [6, 6.07) is -9.50. The van der Waals surface area contributed by atoms with Crippen LogP contribution in [0.4, 0.5) is 0 Å². The maximum atomic E-state index is 14.1. The van der Waals surface area contributed by atoms with Gasteiger partial charge in [-0.2, -0.15) is 0 Å². The highest BCUT2D eigenvalue weighted by atomic mass is 16.5. The zero-order valence-corrected chi connectivity index (χ0v) is 44.0. The van der Waals surface area contributed by atoms with Crippen molar-refractivity contribution in [3.05, 3.63) is 0 Å². The first kappa shape index (κ1) is 62.7. The topological polar surface area (TPSA) is 310 Å². The third kappa shape index (κ3) is 24.5. The molecule has 1 saturated heterocycles. The minimum absolute atomic E-state index is 0.0428. The number of amides is 8. The van der Waals surface area contributed by atoms with E-state index in [-0.39, 0.29) is 56.3 Å². The molecular weight excluding hydrogens is 905 g/mol. The van der Waals surface area contributed by atoms with E-state index in [1.165, 1.54) is 0 Å². The lowest BCUT2D eigenvalue weighted by Gasteiger charge is -2.29. The zero-order valence-electron chi connectivity index (χ0n) is 44.0. The molecule has 0 aliphatic carbocycles. The Morgan fingerprint density at radius 2 is 0.986 bits per heavy atom. The maximum Gasteiger partial charge on any atom is 0.329 e. The normalized spacial score (nSPS) is 24.9. The van der Waals surface area contributed by atoms with Gasteiger partial charge in [0.25, 0.3) is 0 Å². The second kappa shape index (κ2) is 31.8. The molecule has 0 aromatic heterocycles. The standard InChI is InChI=1S/C50H88N8O12/c1-13-32(12)18-16-14-15-17-19-33-25-40(60)52-34(20-21-39(51)59)44(63)53-35(22-27(2)3)45(64)54-36(23-28(4)5)47(66)57-42(30(8)9)49(68)56-38(26-41(61)62)46(65)55-37(24-29(6)7)48(67)58-43(31(10)11)50(69)70-33/h27-38,42-43H,13-26H2,1-12H3,(H2,51,59)(H,52,60)(H,53,63)(H,54,64)(H,55,65)(H,56,68)(H,57,66)(H,58,67)(H,61,62)/t32-,33+,34-,35-,36+,37+,38-,42-,43-/m0/s1. The second-order valence-corrected chi connectivity index (χ2v) is 21.1. The maximum absolute atomic E-state index is 14.1. The molecule has 1 aliphatic rings. The molecule has 70 heavy (non-hydrogen) atoms. The van der Waals surface area contributed by atoms with Gasteiger partial charge >= 0.3 is 11.9 Å². The molecule has 0 bridgehead atoms. The number of ether oxygens (including phenoxy) is 1. The number of esters is 1. The van der Waals surface area contributed by atoms with Crippen molar-refractivity contribution in [2.24, 2.45) is 41.2 Å². The first-order valence-electron chi connectivity index (χ1n) is 25.5. The molecule has 8 amide bonds. The van der Waals surface area contributed by atoms with Crippen molar-refractivity contribution in [1.29, 1.82) is 0 Å². The molecule has 10 N–H and O–H groups in total. The molecule has 1 rings (SSSR count). The number of carboxylic acids is 1. The molecular formula is C50H88N8O12. The van der Waals surface area contributed by atoms with Gasteiger partial charge in [-0.3, -0.25) is 43.2 Å². The molecule has 0 unspecified atom stereocenters. The van der Waals surface area contributed by atoms with Crippen molar-refractivity contribution in [2.45, 2.75) is 221 Å². The van der Waals surface area contributed by atoms with Crippen molar-refractivity contribution in [3.8, 4) is 0 Å². The van der Waals surface area contributed by atoms with E-state index >= 15 is 0 Å². The van der Waals surface area contributed by atoms with Crippen LogP contribution in [0.15, 0.2) is 0 Å². The van der Waals surface area contributed by atoms with E-state index < -0.39 is 132 Å². The Kier molecular flexibility index (Phi) is 28.5. The minimum atomic E-state index is -1.72. The molecule has 0 spiro atoms. The molecule has 0 aromatic carbocycles. The minimum Gasteiger partial charge on any atom is -0.481 e. The Bertz CT molecular complexity index is 1750. The summed E-state index contributed by atoms with van der Waals surface area (Å²) >= 11 is 0. The lowest BCUT2D eigenvalue weighted by molar-refractivity contribution is -0.156. The highest BCUT2D eigenvalue weighted by molar-refractivity contribution is 5.98. The monoisotopic (exact) mass is 993 g/mol. The fourth-order valence-corrected chi connectivity index (χ4v) is 7.99. The molecule has 400 valence electrons. The summed E-state index contributed by atoms with van der Waals surface area (Å²) in [5, 5.41) is 28.3. The van der Waals surface area contributed by atoms with Crippen LogP contribution in [0.25, 0.3) is 0 Å². The van der Waals surface area contributed by atoms with Crippen molar-refractivity contribution >= 4 is 59.2 Å². The van der Waals surface area contributed by atoms with Gasteiger partial charge in [-0.25, -0.2) is 4.79 Å². The first-order chi connectivity index (χ1) is 32.6. The Morgan fingerprint density at radius 3 is 1.43 bits per heavy atom. The summed E-state index contributed by atoms with van der Waals surface area (Å²) < 4.78 is 6.00. The molecule has 1 aliphatic heterocycles. The SMILES string of the molecule is CC[C@H](C)CCCCCC[C@@H]1CC(=O)N[C@@H](CCC(N)=O)C(=O)N[C@@H](CC(C)C)C(=O)N[C@H](CC(C)C)C(=O)N[C@@H](C(C)C)C(=O)N[C@@H](CC(=O)O)C(=O)N[C@H](CC(C)C)C(=O)N[C@@H](C(C)C)C(=O)O1. The number of carboxylic acid groups (broad SMARTS) is 1. The van der Waals surface area contributed by atoms with Gasteiger partial charge in [0, 0.05) is 6.42 Å². The summed E-state index contributed by atoms with van der Waals surface area (Å²) in [7, 11) is 0. The number of aliphatic carboxylic acids is 1. The average molecular weight is 993 g/mol. The lowest BCUT2D eigenvalue weighted by atomic mass is 9.98. The molecule has 20 nitrogen and oxygen atoms in total. The van der Waals surface area contributed by atoms with Crippen molar-refractivity contribution < 1.29 is 57.8 Å². The van der Waals surface area contributed by atoms with E-state index in [1.807, 2.05) is 27.7 Å². The van der Waals surface area contributed by atoms with Crippen LogP contribution in [0.2, 0.25) is 0 Å². The summed E-state index contributed by atoms with van der Waals surface area (Å²) in [6.45, 7) is 21.7. The average Bonchev–Trinajstić information content (AvgIpc) is 3.24. The predicted octanol–water partition coefficient (Wildman–Crippen LogP) is 3.27. The van der Waals surface area contributed by atoms with E-state index in [0.29, 0.717) is 12.3 Å². The molecule has 0 radical (unpaired) electrons. The van der Waals surface area contributed by atoms with Crippen LogP contribution in [0.1, 0.15) is 173 Å². The second-order valence-electron chi connectivity index (χ2n) is 21.1. The Labute approximate surface area is 415 Å². The van der Waals surface area contributed by atoms with Gasteiger partial charge in [0.05, 0.1) is 12.8 Å². The van der Waals surface area contributed by atoms with Gasteiger partial charge in [0.15, 0.2) is 0 Å². The summed E-state index contributed by atoms with van der Waals surface area (Å²) in [5.74, 6) is -9.94. The van der Waals surface area contributed by atoms with Crippen molar-refractivity contribution in [3.63, 3.8) is 0 Å². The van der Waals surface area contributed by atoms with Gasteiger partial charge in [-0.05, 0) is 74.0 Å². The smallest absolute Gasteiger partial charge is 0.329 e. The molecule has 0 saturated carbocycles. The summed E-state index contributed by atoms with van der Waals surface area (Å²) in [4.78, 5) is 136. The van der Waals surface area contributed by atoms with E-state index in [2.05, 4.69) is 51.1 Å². The van der Waals surface area contributed by atoms with Crippen molar-refractivity contribution in [2.75, 3.05) is 0 Å². The van der Waals surface area contributed by atoms with Gasteiger partial charge in [0.1, 0.15) is 48.4 Å². The number of hydrogen-bond acceptors (Lipinski definition) is 11. The van der Waals surface area contributed by atoms with Crippen LogP contribution in [0.3, 0.4) is 0 Å². The summed E-state index contributed by atoms with van der Waals surface area (Å²) in [5.41, 5.74) is 5.47. The number of hydrogen-bond donors (Lipinski definition) is 9. The number of nitrogens with two attached hydrogens (primary N) is 1. The fraction of sp³-hybridized carbons (Fsp3) is 0.800. The number of primary amides is 1. The van der Waals surface area contributed by atoms with Crippen LogP contribution < -0.4 is 43.0 Å². The number of carbonyl (C=O) groups is 10. The van der Waals surface area contributed by atoms with E-state index in [1.54, 1.807) is 41.5 Å². The molecule has 1 fully saturated rings. The van der Waals surface area contributed by atoms with E-state index in [4.69, 9.17) is 10.5 Å². The first-order valence-corrected chi connectivity index (χ1v) is 25.5. The van der Waals surface area contributed by atoms with Crippen LogP contribution >= 0.6 is 0 Å². The third-order valence-electron chi connectivity index (χ3n) is 12.2. The summed E-state index contributed by atoms with van der Waals surface area (Å²) in [6.07, 6.45) is 2.99. The van der Waals surface area contributed by atoms with Crippen LogP contribution in [0, 0.1) is 35.5 Å². The quantitative estimate of drug-likeness (QED) is 0.0592. The van der Waals surface area contributed by atoms with Crippen molar-refractivity contribution in [1.82, 2.24) is 37.2 Å². The van der Waals surface area contributed by atoms with Gasteiger partial charge in [-0.1, -0.05) is 115 Å². The highest BCUT2D eigenvalue weighted by Gasteiger charge is 2.37. The largest absolute Gasteiger partial charge is 0.481 e. The predicted molar refractivity (Wildman–Crippen MR) is 264 cm³/mol. The fourth-order valence-electron chi connectivity index (χ4n) is 7.99. The zero-order chi connectivity index (χ0) is 53.4. The van der Waals surface area contributed by atoms with E-state index in [0.717, 1.165) is 32.1 Å². The number of unbranched alkanes of at least 4 members (excludes halogenated alkanes) is 3. The van der Waals surface area contributed by atoms with Gasteiger partial charge in [-0.15, -0.1) is 0 Å². The highest BCUT2D eigenvalue weighted by Crippen LogP contribution is 2.19. The Morgan fingerprint density at radius 1 is 0.557 bits per heavy atom. The van der Waals surface area contributed by atoms with Crippen LogP contribution in [-0.4, -0.2) is 113 Å². The Balaban J connectivity index is 3.98. The van der Waals surface area contributed by atoms with Crippen LogP contribution in [0.5, 0.6) is 0 Å².